The molecule has 0 aliphatic rings. The number of aryl methyl sites for hydroxylation is 1. The van der Waals surface area contributed by atoms with Crippen LogP contribution in [0.3, 0.4) is 0 Å². The lowest BCUT2D eigenvalue weighted by Crippen LogP contribution is -2.40. The first-order chi connectivity index (χ1) is 16.0. The molecule has 0 amide bonds. The van der Waals surface area contributed by atoms with Crippen LogP contribution in [0.5, 0.6) is 11.6 Å². The Bertz CT molecular complexity index is 1060. The van der Waals surface area contributed by atoms with Gasteiger partial charge in [0.05, 0.1) is 35.3 Å². The summed E-state index contributed by atoms with van der Waals surface area (Å²) in [5.74, 6) is 0.556. The van der Waals surface area contributed by atoms with Gasteiger partial charge in [-0.25, -0.2) is 9.07 Å². The fourth-order valence-electron chi connectivity index (χ4n) is 3.54. The predicted molar refractivity (Wildman–Crippen MR) is 132 cm³/mol. The second kappa shape index (κ2) is 11.1. The van der Waals surface area contributed by atoms with Crippen LogP contribution < -0.4 is 4.74 Å². The Hall–Kier alpha value is -2.74. The first-order valence-electron chi connectivity index (χ1n) is 11.7. The SMILES string of the molecule is Cc1nn(-c2ccccc2)c(Oc2cccc(F)c2)c1CN(C[C@H](O)COC(C)(C)C)C(C)C. The van der Waals surface area contributed by atoms with E-state index in [9.17, 15) is 9.50 Å². The summed E-state index contributed by atoms with van der Waals surface area (Å²) in [6, 6.07) is 15.9. The highest BCUT2D eigenvalue weighted by molar-refractivity contribution is 5.43. The van der Waals surface area contributed by atoms with Gasteiger partial charge in [-0.2, -0.15) is 5.10 Å². The monoisotopic (exact) mass is 469 g/mol. The number of rotatable bonds is 10. The first-order valence-corrected chi connectivity index (χ1v) is 11.7. The van der Waals surface area contributed by atoms with E-state index in [4.69, 9.17) is 14.6 Å². The van der Waals surface area contributed by atoms with E-state index in [0.717, 1.165) is 16.9 Å². The minimum Gasteiger partial charge on any atom is -0.438 e. The Morgan fingerprint density at radius 2 is 1.79 bits per heavy atom. The zero-order valence-corrected chi connectivity index (χ0v) is 21.0. The van der Waals surface area contributed by atoms with E-state index in [2.05, 4.69) is 18.7 Å². The molecule has 6 nitrogen and oxygen atoms in total. The molecule has 1 atom stereocenters. The van der Waals surface area contributed by atoms with E-state index in [1.165, 1.54) is 12.1 Å². The van der Waals surface area contributed by atoms with Gasteiger partial charge in [0.1, 0.15) is 11.6 Å². The molecule has 0 aliphatic carbocycles. The molecule has 1 aromatic heterocycles. The van der Waals surface area contributed by atoms with E-state index in [-0.39, 0.29) is 24.1 Å². The molecule has 34 heavy (non-hydrogen) atoms. The molecule has 3 aromatic rings. The normalized spacial score (nSPS) is 13.0. The van der Waals surface area contributed by atoms with E-state index >= 15 is 0 Å². The summed E-state index contributed by atoms with van der Waals surface area (Å²) in [6.07, 6.45) is -0.640. The third-order valence-corrected chi connectivity index (χ3v) is 5.39. The van der Waals surface area contributed by atoms with Crippen molar-refractivity contribution in [3.8, 4) is 17.3 Å². The Morgan fingerprint density at radius 1 is 1.09 bits per heavy atom. The van der Waals surface area contributed by atoms with Gasteiger partial charge in [-0.1, -0.05) is 24.3 Å². The number of aliphatic hydroxyl groups excluding tert-OH is 1. The van der Waals surface area contributed by atoms with E-state index in [0.29, 0.717) is 24.7 Å². The maximum Gasteiger partial charge on any atom is 0.227 e. The molecular weight excluding hydrogens is 433 g/mol. The van der Waals surface area contributed by atoms with Gasteiger partial charge >= 0.3 is 0 Å². The average molecular weight is 470 g/mol. The molecule has 0 saturated heterocycles. The molecule has 1 heterocycles. The van der Waals surface area contributed by atoms with Crippen LogP contribution >= 0.6 is 0 Å². The Labute approximate surface area is 201 Å². The average Bonchev–Trinajstić information content (AvgIpc) is 3.07. The zero-order chi connectivity index (χ0) is 24.9. The van der Waals surface area contributed by atoms with Crippen molar-refractivity contribution in [2.24, 2.45) is 0 Å². The summed E-state index contributed by atoms with van der Waals surface area (Å²) >= 11 is 0. The molecule has 1 N–H and O–H groups in total. The smallest absolute Gasteiger partial charge is 0.227 e. The maximum absolute atomic E-state index is 13.9. The minimum atomic E-state index is -0.640. The molecule has 2 aromatic carbocycles. The van der Waals surface area contributed by atoms with Crippen molar-refractivity contribution in [1.82, 2.24) is 14.7 Å². The third kappa shape index (κ3) is 7.13. The highest BCUT2D eigenvalue weighted by atomic mass is 19.1. The fourth-order valence-corrected chi connectivity index (χ4v) is 3.54. The largest absolute Gasteiger partial charge is 0.438 e. The number of aromatic nitrogens is 2. The van der Waals surface area contributed by atoms with Gasteiger partial charge in [0, 0.05) is 25.2 Å². The number of halogens is 1. The van der Waals surface area contributed by atoms with E-state index in [1.807, 2.05) is 58.0 Å². The summed E-state index contributed by atoms with van der Waals surface area (Å²) in [5.41, 5.74) is 2.22. The Kier molecular flexibility index (Phi) is 8.47. The molecule has 0 fully saturated rings. The molecule has 184 valence electrons. The zero-order valence-electron chi connectivity index (χ0n) is 21.0. The van der Waals surface area contributed by atoms with Gasteiger partial charge < -0.3 is 14.6 Å². The molecule has 0 saturated carbocycles. The second-order valence-electron chi connectivity index (χ2n) is 9.78. The molecule has 0 aliphatic heterocycles. The lowest BCUT2D eigenvalue weighted by atomic mass is 10.1. The molecular formula is C27H36FN3O3. The first kappa shape index (κ1) is 25.9. The van der Waals surface area contributed by atoms with Gasteiger partial charge in [0.15, 0.2) is 0 Å². The maximum atomic E-state index is 13.9. The number of para-hydroxylation sites is 1. The highest BCUT2D eigenvalue weighted by Gasteiger charge is 2.24. The van der Waals surface area contributed by atoms with Crippen LogP contribution in [0.25, 0.3) is 5.69 Å². The molecule has 3 rings (SSSR count). The number of ether oxygens (including phenoxy) is 2. The van der Waals surface area contributed by atoms with Crippen molar-refractivity contribution in [3.63, 3.8) is 0 Å². The fraction of sp³-hybridized carbons (Fsp3) is 0.444. The highest BCUT2D eigenvalue weighted by Crippen LogP contribution is 2.32. The van der Waals surface area contributed by atoms with Crippen LogP contribution in [0.4, 0.5) is 4.39 Å². The third-order valence-electron chi connectivity index (χ3n) is 5.39. The number of nitrogens with zero attached hydrogens (tertiary/aromatic N) is 3. The molecule has 0 radical (unpaired) electrons. The molecule has 0 bridgehead atoms. The van der Waals surface area contributed by atoms with Crippen molar-refractivity contribution in [3.05, 3.63) is 71.7 Å². The van der Waals surface area contributed by atoms with Gasteiger partial charge in [-0.15, -0.1) is 0 Å². The molecule has 7 heteroatoms. The summed E-state index contributed by atoms with van der Waals surface area (Å²) < 4.78 is 27.6. The van der Waals surface area contributed by atoms with Crippen LogP contribution in [0.2, 0.25) is 0 Å². The van der Waals surface area contributed by atoms with Gasteiger partial charge in [-0.3, -0.25) is 4.90 Å². The van der Waals surface area contributed by atoms with Crippen molar-refractivity contribution < 1.29 is 19.0 Å². The van der Waals surface area contributed by atoms with Crippen LogP contribution in [0, 0.1) is 12.7 Å². The van der Waals surface area contributed by atoms with Gasteiger partial charge in [0.25, 0.3) is 0 Å². The van der Waals surface area contributed by atoms with Crippen molar-refractivity contribution in [2.45, 2.75) is 65.8 Å². The second-order valence-corrected chi connectivity index (χ2v) is 9.78. The van der Waals surface area contributed by atoms with Gasteiger partial charge in [-0.05, 0) is 65.8 Å². The number of aliphatic hydroxyl groups is 1. The lowest BCUT2D eigenvalue weighted by Gasteiger charge is -2.30. The molecule has 0 spiro atoms. The summed E-state index contributed by atoms with van der Waals surface area (Å²) in [6.45, 7) is 13.2. The van der Waals surface area contributed by atoms with Crippen molar-refractivity contribution in [2.75, 3.05) is 13.2 Å². The topological polar surface area (TPSA) is 59.8 Å². The van der Waals surface area contributed by atoms with Crippen LogP contribution in [-0.2, 0) is 11.3 Å². The number of hydrogen-bond acceptors (Lipinski definition) is 5. The van der Waals surface area contributed by atoms with Crippen LogP contribution in [0.1, 0.15) is 45.9 Å². The summed E-state index contributed by atoms with van der Waals surface area (Å²) in [7, 11) is 0. The van der Waals surface area contributed by atoms with Crippen molar-refractivity contribution in [1.29, 1.82) is 0 Å². The number of hydrogen-bond donors (Lipinski definition) is 1. The van der Waals surface area contributed by atoms with E-state index < -0.39 is 6.10 Å². The lowest BCUT2D eigenvalue weighted by molar-refractivity contribution is -0.0587. The van der Waals surface area contributed by atoms with Gasteiger partial charge in [0.2, 0.25) is 5.88 Å². The predicted octanol–water partition coefficient (Wildman–Crippen LogP) is 5.50. The summed E-state index contributed by atoms with van der Waals surface area (Å²) in [5, 5.41) is 15.4. The van der Waals surface area contributed by atoms with Crippen LogP contribution in [-0.4, -0.2) is 50.7 Å². The Morgan fingerprint density at radius 3 is 2.41 bits per heavy atom. The molecule has 0 unspecified atom stereocenters. The Balaban J connectivity index is 1.93. The standard InChI is InChI=1S/C27H36FN3O3/c1-19(2)30(16-23(32)18-33-27(4,5)6)17-25-20(3)29-31(22-12-8-7-9-13-22)26(25)34-24-14-10-11-21(28)15-24/h7-15,19,23,32H,16-18H2,1-6H3/t23-/m0/s1. The van der Waals surface area contributed by atoms with Crippen LogP contribution in [0.15, 0.2) is 54.6 Å². The minimum absolute atomic E-state index is 0.158. The summed E-state index contributed by atoms with van der Waals surface area (Å²) in [4.78, 5) is 2.16. The number of benzene rings is 2. The van der Waals surface area contributed by atoms with Crippen molar-refractivity contribution >= 4 is 0 Å². The van der Waals surface area contributed by atoms with E-state index in [1.54, 1.807) is 16.8 Å². The quantitative estimate of drug-likeness (QED) is 0.425.